The van der Waals surface area contributed by atoms with Gasteiger partial charge in [0.1, 0.15) is 8.07 Å². The fourth-order valence-corrected chi connectivity index (χ4v) is 4.09. The van der Waals surface area contributed by atoms with Gasteiger partial charge in [-0.2, -0.15) is 0 Å². The van der Waals surface area contributed by atoms with E-state index in [4.69, 9.17) is 4.74 Å². The Bertz CT molecular complexity index is 702. The van der Waals surface area contributed by atoms with Crippen LogP contribution in [0.3, 0.4) is 0 Å². The summed E-state index contributed by atoms with van der Waals surface area (Å²) in [4.78, 5) is 1.18. The zero-order valence-corrected chi connectivity index (χ0v) is 17.6. The van der Waals surface area contributed by atoms with E-state index in [0.717, 1.165) is 5.56 Å². The predicted octanol–water partition coefficient (Wildman–Crippen LogP) is 5.00. The molecule has 0 saturated heterocycles. The molecule has 0 saturated carbocycles. The Labute approximate surface area is 163 Å². The van der Waals surface area contributed by atoms with E-state index >= 15 is 0 Å². The third-order valence-electron chi connectivity index (χ3n) is 3.54. The maximum atomic E-state index is 10.4. The molecular formula is C22H28O2SSi. The quantitative estimate of drug-likeness (QED) is 0.395. The fraction of sp³-hybridized carbons (Fsp3) is 0.364. The Morgan fingerprint density at radius 3 is 2.23 bits per heavy atom. The van der Waals surface area contributed by atoms with Crippen LogP contribution in [-0.2, 0) is 11.3 Å². The molecule has 2 aromatic rings. The molecule has 2 atom stereocenters. The Morgan fingerprint density at radius 2 is 1.62 bits per heavy atom. The number of aliphatic hydroxyl groups excluding tert-OH is 1. The lowest BCUT2D eigenvalue weighted by molar-refractivity contribution is 0.0259. The summed E-state index contributed by atoms with van der Waals surface area (Å²) in [5, 5.41) is 10.5. The summed E-state index contributed by atoms with van der Waals surface area (Å²) in [5.74, 6) is 3.41. The molecule has 2 unspecified atom stereocenters. The first-order chi connectivity index (χ1) is 12.4. The van der Waals surface area contributed by atoms with Gasteiger partial charge in [0.05, 0.1) is 24.6 Å². The maximum absolute atomic E-state index is 10.4. The van der Waals surface area contributed by atoms with Crippen LogP contribution in [0, 0.1) is 11.5 Å². The smallest absolute Gasteiger partial charge is 0.129 e. The van der Waals surface area contributed by atoms with Gasteiger partial charge < -0.3 is 9.84 Å². The molecule has 0 aromatic heterocycles. The minimum absolute atomic E-state index is 0.0689. The first-order valence-corrected chi connectivity index (χ1v) is 13.3. The zero-order chi connectivity index (χ0) is 18.8. The lowest BCUT2D eigenvalue weighted by Gasteiger charge is -2.17. The number of benzene rings is 2. The second-order valence-electron chi connectivity index (χ2n) is 7.33. The van der Waals surface area contributed by atoms with Crippen LogP contribution in [0.1, 0.15) is 12.0 Å². The first-order valence-electron chi connectivity index (χ1n) is 8.96. The average molecular weight is 385 g/mol. The van der Waals surface area contributed by atoms with E-state index in [1.165, 1.54) is 4.90 Å². The molecule has 0 aliphatic rings. The molecule has 2 nitrogen and oxygen atoms in total. The monoisotopic (exact) mass is 384 g/mol. The van der Waals surface area contributed by atoms with E-state index in [9.17, 15) is 5.11 Å². The minimum Gasteiger partial charge on any atom is -0.391 e. The van der Waals surface area contributed by atoms with Crippen LogP contribution in [0.15, 0.2) is 65.6 Å². The van der Waals surface area contributed by atoms with Crippen molar-refractivity contribution in [1.29, 1.82) is 0 Å². The van der Waals surface area contributed by atoms with Crippen molar-refractivity contribution >= 4 is 19.8 Å². The summed E-state index contributed by atoms with van der Waals surface area (Å²) in [6, 6.07) is 20.3. The van der Waals surface area contributed by atoms with Gasteiger partial charge in [0.25, 0.3) is 0 Å². The molecule has 138 valence electrons. The lowest BCUT2D eigenvalue weighted by atomic mass is 10.2. The van der Waals surface area contributed by atoms with E-state index in [0.29, 0.717) is 19.6 Å². The topological polar surface area (TPSA) is 29.5 Å². The maximum Gasteiger partial charge on any atom is 0.129 e. The van der Waals surface area contributed by atoms with Crippen molar-refractivity contribution in [3.05, 3.63) is 66.2 Å². The zero-order valence-electron chi connectivity index (χ0n) is 15.8. The largest absolute Gasteiger partial charge is 0.391 e. The van der Waals surface area contributed by atoms with Crippen molar-refractivity contribution in [3.63, 3.8) is 0 Å². The van der Waals surface area contributed by atoms with Crippen LogP contribution < -0.4 is 0 Å². The Balaban J connectivity index is 1.90. The highest BCUT2D eigenvalue weighted by atomic mass is 32.2. The summed E-state index contributed by atoms with van der Waals surface area (Å²) in [6.07, 6.45) is 0.0853. The van der Waals surface area contributed by atoms with Crippen molar-refractivity contribution in [2.24, 2.45) is 0 Å². The third kappa shape index (κ3) is 8.73. The lowest BCUT2D eigenvalue weighted by Crippen LogP contribution is -2.22. The molecular weight excluding hydrogens is 356 g/mol. The highest BCUT2D eigenvalue weighted by Crippen LogP contribution is 2.26. The predicted molar refractivity (Wildman–Crippen MR) is 114 cm³/mol. The van der Waals surface area contributed by atoms with E-state index in [-0.39, 0.29) is 5.25 Å². The van der Waals surface area contributed by atoms with Crippen LogP contribution in [0.2, 0.25) is 19.6 Å². The molecule has 2 rings (SSSR count). The summed E-state index contributed by atoms with van der Waals surface area (Å²) in [5.41, 5.74) is 4.56. The number of aliphatic hydroxyl groups is 1. The molecule has 0 heterocycles. The molecule has 0 radical (unpaired) electrons. The standard InChI is InChI=1S/C22H28O2SSi/c1-26(2,3)15-14-22(25-21-12-8-5-9-13-21)16-20(23)18-24-17-19-10-6-4-7-11-19/h4-13,20,22-23H,16-18H2,1-3H3. The van der Waals surface area contributed by atoms with Gasteiger partial charge in [0.2, 0.25) is 0 Å². The fourth-order valence-electron chi connectivity index (χ4n) is 2.30. The molecule has 0 aliphatic carbocycles. The second kappa shape index (κ2) is 10.6. The normalized spacial score (nSPS) is 13.5. The number of hydrogen-bond acceptors (Lipinski definition) is 3. The molecule has 1 N–H and O–H groups in total. The van der Waals surface area contributed by atoms with Gasteiger partial charge in [-0.05, 0) is 24.1 Å². The van der Waals surface area contributed by atoms with Gasteiger partial charge in [-0.1, -0.05) is 74.1 Å². The number of ether oxygens (including phenoxy) is 1. The van der Waals surface area contributed by atoms with Gasteiger partial charge in [-0.15, -0.1) is 17.3 Å². The van der Waals surface area contributed by atoms with E-state index < -0.39 is 14.2 Å². The van der Waals surface area contributed by atoms with Crippen molar-refractivity contribution in [2.45, 2.75) is 48.9 Å². The van der Waals surface area contributed by atoms with Crippen molar-refractivity contribution in [1.82, 2.24) is 0 Å². The van der Waals surface area contributed by atoms with Crippen LogP contribution in [-0.4, -0.2) is 31.1 Å². The van der Waals surface area contributed by atoms with Crippen molar-refractivity contribution in [2.75, 3.05) is 6.61 Å². The summed E-state index contributed by atoms with van der Waals surface area (Å²) in [7, 11) is -1.45. The SMILES string of the molecule is C[Si](C)(C)C#CC(CC(O)COCc1ccccc1)Sc1ccccc1. The second-order valence-corrected chi connectivity index (χ2v) is 13.4. The van der Waals surface area contributed by atoms with Crippen molar-refractivity contribution in [3.8, 4) is 11.5 Å². The Kier molecular flexibility index (Phi) is 8.47. The van der Waals surface area contributed by atoms with Gasteiger partial charge in [-0.3, -0.25) is 0 Å². The molecule has 4 heteroatoms. The molecule has 2 aromatic carbocycles. The molecule has 0 fully saturated rings. The first kappa shape index (κ1) is 20.8. The highest BCUT2D eigenvalue weighted by Gasteiger charge is 2.16. The minimum atomic E-state index is -1.45. The van der Waals surface area contributed by atoms with Crippen LogP contribution in [0.5, 0.6) is 0 Å². The van der Waals surface area contributed by atoms with Crippen LogP contribution >= 0.6 is 11.8 Å². The summed E-state index contributed by atoms with van der Waals surface area (Å²) >= 11 is 1.72. The van der Waals surface area contributed by atoms with E-state index in [2.05, 4.69) is 43.2 Å². The molecule has 0 amide bonds. The number of rotatable bonds is 8. The van der Waals surface area contributed by atoms with Gasteiger partial charge in [0.15, 0.2) is 0 Å². The van der Waals surface area contributed by atoms with E-state index in [1.807, 2.05) is 48.5 Å². The summed E-state index contributed by atoms with van der Waals surface area (Å²) in [6.45, 7) is 7.57. The Morgan fingerprint density at radius 1 is 1.00 bits per heavy atom. The van der Waals surface area contributed by atoms with Gasteiger partial charge >= 0.3 is 0 Å². The van der Waals surface area contributed by atoms with E-state index in [1.54, 1.807) is 11.8 Å². The number of hydrogen-bond donors (Lipinski definition) is 1. The van der Waals surface area contributed by atoms with Gasteiger partial charge in [0, 0.05) is 4.90 Å². The third-order valence-corrected chi connectivity index (χ3v) is 5.57. The molecule has 0 aliphatic heterocycles. The van der Waals surface area contributed by atoms with Gasteiger partial charge in [-0.25, -0.2) is 0 Å². The van der Waals surface area contributed by atoms with Crippen LogP contribution in [0.4, 0.5) is 0 Å². The highest BCUT2D eigenvalue weighted by molar-refractivity contribution is 8.00. The summed E-state index contributed by atoms with van der Waals surface area (Å²) < 4.78 is 5.68. The van der Waals surface area contributed by atoms with Crippen molar-refractivity contribution < 1.29 is 9.84 Å². The van der Waals surface area contributed by atoms with Crippen LogP contribution in [0.25, 0.3) is 0 Å². The molecule has 0 spiro atoms. The average Bonchev–Trinajstić information content (AvgIpc) is 2.61. The molecule has 0 bridgehead atoms. The Hall–Kier alpha value is -1.51. The molecule has 26 heavy (non-hydrogen) atoms. The number of thioether (sulfide) groups is 1.